The summed E-state index contributed by atoms with van der Waals surface area (Å²) in [4.78, 5) is 15.9. The quantitative estimate of drug-likeness (QED) is 0.868. The minimum absolute atomic E-state index is 0.0347. The molecule has 0 saturated carbocycles. The number of carbonyl (C=O) groups excluding carboxylic acids is 1. The summed E-state index contributed by atoms with van der Waals surface area (Å²) in [6.07, 6.45) is 0. The van der Waals surface area contributed by atoms with Crippen molar-refractivity contribution in [3.63, 3.8) is 0 Å². The minimum Gasteiger partial charge on any atom is -0.486 e. The smallest absolute Gasteiger partial charge is 0.167 e. The van der Waals surface area contributed by atoms with E-state index in [1.165, 1.54) is 23.4 Å². The molecule has 2 aromatic carbocycles. The van der Waals surface area contributed by atoms with Crippen LogP contribution in [-0.4, -0.2) is 50.5 Å². The number of ketones is 1. The van der Waals surface area contributed by atoms with Gasteiger partial charge in [-0.15, -0.1) is 0 Å². The molecule has 4 nitrogen and oxygen atoms in total. The van der Waals surface area contributed by atoms with Gasteiger partial charge in [-0.25, -0.2) is 0 Å². The van der Waals surface area contributed by atoms with E-state index in [4.69, 9.17) is 4.74 Å². The fraction of sp³-hybridized carbons (Fsp3) is 0.389. The lowest BCUT2D eigenvalue weighted by Crippen LogP contribution is -2.44. The van der Waals surface area contributed by atoms with Gasteiger partial charge in [0.2, 0.25) is 0 Å². The third-order valence-corrected chi connectivity index (χ3v) is 4.12. The van der Waals surface area contributed by atoms with Crippen LogP contribution in [0.4, 0.5) is 5.69 Å². The molecule has 1 fully saturated rings. The zero-order chi connectivity index (χ0) is 15.5. The minimum atomic E-state index is 0.0347. The summed E-state index contributed by atoms with van der Waals surface area (Å²) in [5.41, 5.74) is 1.25. The van der Waals surface area contributed by atoms with Gasteiger partial charge in [-0.3, -0.25) is 4.79 Å². The van der Waals surface area contributed by atoms with E-state index in [9.17, 15) is 4.79 Å². The van der Waals surface area contributed by atoms with Gasteiger partial charge in [0.1, 0.15) is 12.4 Å². The van der Waals surface area contributed by atoms with Crippen LogP contribution in [0.2, 0.25) is 0 Å². The van der Waals surface area contributed by atoms with E-state index in [1.807, 2.05) is 12.1 Å². The molecule has 1 aliphatic rings. The zero-order valence-electron chi connectivity index (χ0n) is 13.2. The number of likely N-dealkylation sites (N-methyl/N-ethyl adjacent to an activating group) is 1. The maximum Gasteiger partial charge on any atom is 0.167 e. The molecule has 4 heteroatoms. The van der Waals surface area contributed by atoms with E-state index in [1.54, 1.807) is 0 Å². The van der Waals surface area contributed by atoms with Crippen molar-refractivity contribution in [1.82, 2.24) is 4.90 Å². The number of ether oxygens (including phenoxy) is 1. The second kappa shape index (κ2) is 6.36. The maximum absolute atomic E-state index is 11.1. The van der Waals surface area contributed by atoms with Crippen molar-refractivity contribution in [2.75, 3.05) is 44.7 Å². The van der Waals surface area contributed by atoms with Crippen LogP contribution in [-0.2, 0) is 4.79 Å². The topological polar surface area (TPSA) is 32.8 Å². The number of anilines is 1. The van der Waals surface area contributed by atoms with Crippen LogP contribution < -0.4 is 9.64 Å². The van der Waals surface area contributed by atoms with Crippen LogP contribution in [0.1, 0.15) is 6.92 Å². The van der Waals surface area contributed by atoms with Gasteiger partial charge in [0, 0.05) is 37.3 Å². The molecular formula is C18H22N2O2. The van der Waals surface area contributed by atoms with Crippen molar-refractivity contribution >= 4 is 22.2 Å². The highest BCUT2D eigenvalue weighted by Crippen LogP contribution is 2.30. The Bertz CT molecular complexity index is 676. The highest BCUT2D eigenvalue weighted by molar-refractivity contribution is 5.95. The van der Waals surface area contributed by atoms with E-state index in [0.717, 1.165) is 31.9 Å². The van der Waals surface area contributed by atoms with Gasteiger partial charge in [-0.1, -0.05) is 18.2 Å². The van der Waals surface area contributed by atoms with E-state index in [2.05, 4.69) is 41.1 Å². The molecule has 1 saturated heterocycles. The van der Waals surface area contributed by atoms with Gasteiger partial charge >= 0.3 is 0 Å². The Kier molecular flexibility index (Phi) is 4.29. The zero-order valence-corrected chi connectivity index (χ0v) is 13.2. The molecule has 0 aliphatic carbocycles. The third-order valence-electron chi connectivity index (χ3n) is 4.12. The number of benzene rings is 2. The molecular weight excluding hydrogens is 276 g/mol. The van der Waals surface area contributed by atoms with E-state index >= 15 is 0 Å². The SMILES string of the molecule is CC(=O)COc1ccc2cccc(N3CCN(C)CC3)c2c1. The molecule has 2 aromatic rings. The van der Waals surface area contributed by atoms with Gasteiger partial charge in [-0.2, -0.15) is 0 Å². The summed E-state index contributed by atoms with van der Waals surface area (Å²) in [5.74, 6) is 0.789. The molecule has 22 heavy (non-hydrogen) atoms. The van der Waals surface area contributed by atoms with E-state index in [-0.39, 0.29) is 12.4 Å². The molecule has 0 radical (unpaired) electrons. The number of piperazine rings is 1. The normalized spacial score (nSPS) is 16.0. The molecule has 0 amide bonds. The van der Waals surface area contributed by atoms with Crippen LogP contribution in [0.25, 0.3) is 10.8 Å². The fourth-order valence-electron chi connectivity index (χ4n) is 2.83. The van der Waals surface area contributed by atoms with E-state index < -0.39 is 0 Å². The lowest BCUT2D eigenvalue weighted by atomic mass is 10.1. The molecule has 1 heterocycles. The second-order valence-corrected chi connectivity index (χ2v) is 5.94. The van der Waals surface area contributed by atoms with Crippen LogP contribution in [0.5, 0.6) is 5.75 Å². The monoisotopic (exact) mass is 298 g/mol. The first kappa shape index (κ1) is 14.9. The van der Waals surface area contributed by atoms with Crippen molar-refractivity contribution in [1.29, 1.82) is 0 Å². The van der Waals surface area contributed by atoms with Crippen molar-refractivity contribution in [3.8, 4) is 5.75 Å². The number of nitrogens with zero attached hydrogens (tertiary/aromatic N) is 2. The first-order valence-electron chi connectivity index (χ1n) is 7.72. The van der Waals surface area contributed by atoms with Crippen molar-refractivity contribution in [2.24, 2.45) is 0 Å². The molecule has 0 aromatic heterocycles. The van der Waals surface area contributed by atoms with E-state index in [0.29, 0.717) is 0 Å². The molecule has 0 N–H and O–H groups in total. The van der Waals surface area contributed by atoms with Crippen LogP contribution in [0, 0.1) is 0 Å². The number of Topliss-reactive ketones (excluding diaryl/α,β-unsaturated/α-hetero) is 1. The van der Waals surface area contributed by atoms with Crippen LogP contribution >= 0.6 is 0 Å². The molecule has 116 valence electrons. The first-order chi connectivity index (χ1) is 10.6. The Morgan fingerprint density at radius 1 is 1.14 bits per heavy atom. The largest absolute Gasteiger partial charge is 0.486 e. The molecule has 1 aliphatic heterocycles. The first-order valence-corrected chi connectivity index (χ1v) is 7.72. The third kappa shape index (κ3) is 3.22. The Morgan fingerprint density at radius 3 is 2.64 bits per heavy atom. The lowest BCUT2D eigenvalue weighted by Gasteiger charge is -2.34. The van der Waals surface area contributed by atoms with Gasteiger partial charge in [-0.05, 0) is 37.6 Å². The summed E-state index contributed by atoms with van der Waals surface area (Å²) < 4.78 is 5.56. The summed E-state index contributed by atoms with van der Waals surface area (Å²) in [6.45, 7) is 5.90. The lowest BCUT2D eigenvalue weighted by molar-refractivity contribution is -0.118. The predicted octanol–water partition coefficient (Wildman–Crippen LogP) is 2.56. The van der Waals surface area contributed by atoms with Crippen LogP contribution in [0.3, 0.4) is 0 Å². The number of fused-ring (bicyclic) bond motifs is 1. The highest BCUT2D eigenvalue weighted by atomic mass is 16.5. The molecule has 3 rings (SSSR count). The van der Waals surface area contributed by atoms with Gasteiger partial charge in [0.25, 0.3) is 0 Å². The second-order valence-electron chi connectivity index (χ2n) is 5.94. The Morgan fingerprint density at radius 2 is 1.91 bits per heavy atom. The Hall–Kier alpha value is -2.07. The van der Waals surface area contributed by atoms with Crippen molar-refractivity contribution < 1.29 is 9.53 Å². The average molecular weight is 298 g/mol. The van der Waals surface area contributed by atoms with Crippen molar-refractivity contribution in [2.45, 2.75) is 6.92 Å². The number of rotatable bonds is 4. The summed E-state index contributed by atoms with van der Waals surface area (Å²) in [6, 6.07) is 12.4. The van der Waals surface area contributed by atoms with Gasteiger partial charge in [0.05, 0.1) is 0 Å². The Balaban J connectivity index is 1.91. The molecule has 0 unspecified atom stereocenters. The van der Waals surface area contributed by atoms with Crippen LogP contribution in [0.15, 0.2) is 36.4 Å². The van der Waals surface area contributed by atoms with Crippen molar-refractivity contribution in [3.05, 3.63) is 36.4 Å². The number of carbonyl (C=O) groups is 1. The summed E-state index contributed by atoms with van der Waals surface area (Å²) in [5, 5.41) is 2.39. The fourth-order valence-corrected chi connectivity index (χ4v) is 2.83. The average Bonchev–Trinajstić information content (AvgIpc) is 2.53. The predicted molar refractivity (Wildman–Crippen MR) is 89.8 cm³/mol. The molecule has 0 bridgehead atoms. The molecule has 0 atom stereocenters. The summed E-state index contributed by atoms with van der Waals surface area (Å²) >= 11 is 0. The Labute approximate surface area is 131 Å². The molecule has 0 spiro atoms. The number of hydrogen-bond donors (Lipinski definition) is 0. The number of hydrogen-bond acceptors (Lipinski definition) is 4. The summed E-state index contributed by atoms with van der Waals surface area (Å²) in [7, 11) is 2.16. The van der Waals surface area contributed by atoms with Gasteiger partial charge < -0.3 is 14.5 Å². The van der Waals surface area contributed by atoms with Gasteiger partial charge in [0.15, 0.2) is 5.78 Å². The highest BCUT2D eigenvalue weighted by Gasteiger charge is 2.16. The standard InChI is InChI=1S/C18H22N2O2/c1-14(21)13-22-16-7-6-15-4-3-5-18(17(15)12-16)20-10-8-19(2)9-11-20/h3-7,12H,8-11,13H2,1-2H3. The maximum atomic E-state index is 11.1.